The van der Waals surface area contributed by atoms with Crippen LogP contribution in [0.25, 0.3) is 0 Å². The second-order valence-corrected chi connectivity index (χ2v) is 5.29. The van der Waals surface area contributed by atoms with Gasteiger partial charge in [0.15, 0.2) is 0 Å². The van der Waals surface area contributed by atoms with Crippen molar-refractivity contribution in [2.45, 2.75) is 44.6 Å². The van der Waals surface area contributed by atoms with Crippen LogP contribution in [0.2, 0.25) is 0 Å². The van der Waals surface area contributed by atoms with E-state index in [1.807, 2.05) is 6.07 Å². The molecule has 0 bridgehead atoms. The Morgan fingerprint density at radius 2 is 2.11 bits per heavy atom. The fraction of sp³-hybridized carbons (Fsp3) is 0.533. The molecule has 1 aliphatic heterocycles. The quantitative estimate of drug-likeness (QED) is 0.838. The summed E-state index contributed by atoms with van der Waals surface area (Å²) >= 11 is 0. The predicted octanol–water partition coefficient (Wildman–Crippen LogP) is 2.26. The minimum atomic E-state index is 0.00412. The monoisotopic (exact) mass is 244 g/mol. The first kappa shape index (κ1) is 11.7. The summed E-state index contributed by atoms with van der Waals surface area (Å²) in [5.41, 5.74) is 3.81. The smallest absolute Gasteiger partial charge is 0.241 e. The van der Waals surface area contributed by atoms with E-state index >= 15 is 0 Å². The molecule has 2 aliphatic rings. The maximum absolute atomic E-state index is 12.1. The van der Waals surface area contributed by atoms with Gasteiger partial charge in [-0.3, -0.25) is 4.79 Å². The van der Waals surface area contributed by atoms with Crippen LogP contribution in [-0.4, -0.2) is 18.5 Å². The van der Waals surface area contributed by atoms with Crippen molar-refractivity contribution in [3.63, 3.8) is 0 Å². The highest BCUT2D eigenvalue weighted by atomic mass is 16.2. The van der Waals surface area contributed by atoms with Crippen molar-refractivity contribution in [2.24, 2.45) is 0 Å². The average molecular weight is 244 g/mol. The van der Waals surface area contributed by atoms with E-state index in [0.29, 0.717) is 0 Å². The Labute approximate surface area is 108 Å². The van der Waals surface area contributed by atoms with Gasteiger partial charge in [-0.05, 0) is 62.3 Å². The summed E-state index contributed by atoms with van der Waals surface area (Å²) in [4.78, 5) is 12.1. The van der Waals surface area contributed by atoms with Crippen molar-refractivity contribution >= 4 is 11.6 Å². The number of anilines is 1. The van der Waals surface area contributed by atoms with Crippen LogP contribution in [0.3, 0.4) is 0 Å². The summed E-state index contributed by atoms with van der Waals surface area (Å²) in [5.74, 6) is 0.131. The molecule has 1 amide bonds. The number of hydrogen-bond donors (Lipinski definition) is 2. The highest BCUT2D eigenvalue weighted by Gasteiger charge is 2.23. The topological polar surface area (TPSA) is 41.1 Å². The molecule has 1 fully saturated rings. The van der Waals surface area contributed by atoms with Crippen LogP contribution in [0.5, 0.6) is 0 Å². The summed E-state index contributed by atoms with van der Waals surface area (Å²) in [7, 11) is 0. The maximum Gasteiger partial charge on any atom is 0.241 e. The van der Waals surface area contributed by atoms with Crippen LogP contribution in [-0.2, 0) is 17.6 Å². The Morgan fingerprint density at radius 3 is 2.94 bits per heavy atom. The number of carbonyl (C=O) groups is 1. The van der Waals surface area contributed by atoms with Gasteiger partial charge in [0, 0.05) is 5.69 Å². The van der Waals surface area contributed by atoms with Crippen molar-refractivity contribution in [3.05, 3.63) is 29.3 Å². The molecule has 18 heavy (non-hydrogen) atoms. The highest BCUT2D eigenvalue weighted by Crippen LogP contribution is 2.28. The zero-order valence-corrected chi connectivity index (χ0v) is 10.7. The summed E-state index contributed by atoms with van der Waals surface area (Å²) < 4.78 is 0. The Kier molecular flexibility index (Phi) is 3.33. The van der Waals surface area contributed by atoms with Gasteiger partial charge in [0.25, 0.3) is 0 Å². The summed E-state index contributed by atoms with van der Waals surface area (Å²) in [6, 6.07) is 6.29. The Balaban J connectivity index is 1.77. The van der Waals surface area contributed by atoms with Crippen LogP contribution in [0, 0.1) is 0 Å². The molecule has 1 saturated heterocycles. The SMILES string of the molecule is O=C(Nc1cccc2c1CCCC2)[C@H]1CCCN1. The number of fused-ring (bicyclic) bond motifs is 1. The first-order valence-corrected chi connectivity index (χ1v) is 6.99. The van der Waals surface area contributed by atoms with E-state index in [2.05, 4.69) is 22.8 Å². The lowest BCUT2D eigenvalue weighted by atomic mass is 9.90. The predicted molar refractivity (Wildman–Crippen MR) is 72.7 cm³/mol. The molecular weight excluding hydrogens is 224 g/mol. The fourth-order valence-corrected chi connectivity index (χ4v) is 3.03. The number of amides is 1. The van der Waals surface area contributed by atoms with Gasteiger partial charge in [0.05, 0.1) is 6.04 Å². The Bertz CT molecular complexity index is 450. The average Bonchev–Trinajstić information content (AvgIpc) is 2.93. The van der Waals surface area contributed by atoms with Crippen LogP contribution >= 0.6 is 0 Å². The second-order valence-electron chi connectivity index (χ2n) is 5.29. The zero-order valence-electron chi connectivity index (χ0n) is 10.7. The van der Waals surface area contributed by atoms with Crippen LogP contribution in [0.1, 0.15) is 36.8 Å². The zero-order chi connectivity index (χ0) is 12.4. The number of nitrogens with one attached hydrogen (secondary N) is 2. The van der Waals surface area contributed by atoms with Gasteiger partial charge in [-0.1, -0.05) is 12.1 Å². The molecule has 2 N–H and O–H groups in total. The number of benzene rings is 1. The van der Waals surface area contributed by atoms with E-state index in [4.69, 9.17) is 0 Å². The molecule has 1 aliphatic carbocycles. The van der Waals surface area contributed by atoms with E-state index in [-0.39, 0.29) is 11.9 Å². The molecule has 3 rings (SSSR count). The van der Waals surface area contributed by atoms with Crippen LogP contribution in [0.4, 0.5) is 5.69 Å². The molecule has 0 radical (unpaired) electrons. The third-order valence-corrected chi connectivity index (χ3v) is 4.03. The van der Waals surface area contributed by atoms with E-state index in [1.54, 1.807) is 0 Å². The minimum Gasteiger partial charge on any atom is -0.324 e. The van der Waals surface area contributed by atoms with Crippen molar-refractivity contribution in [3.8, 4) is 0 Å². The number of aryl methyl sites for hydroxylation is 1. The minimum absolute atomic E-state index is 0.00412. The molecule has 3 heteroatoms. The van der Waals surface area contributed by atoms with Crippen molar-refractivity contribution < 1.29 is 4.79 Å². The van der Waals surface area contributed by atoms with Crippen molar-refractivity contribution in [1.82, 2.24) is 5.32 Å². The van der Waals surface area contributed by atoms with Gasteiger partial charge in [0.1, 0.15) is 0 Å². The van der Waals surface area contributed by atoms with E-state index in [0.717, 1.165) is 37.9 Å². The lowest BCUT2D eigenvalue weighted by Gasteiger charge is -2.20. The Hall–Kier alpha value is -1.35. The van der Waals surface area contributed by atoms with Gasteiger partial charge in [-0.2, -0.15) is 0 Å². The van der Waals surface area contributed by atoms with E-state index in [1.165, 1.54) is 24.0 Å². The maximum atomic E-state index is 12.1. The van der Waals surface area contributed by atoms with E-state index in [9.17, 15) is 4.79 Å². The molecule has 0 spiro atoms. The first-order chi connectivity index (χ1) is 8.84. The molecule has 0 saturated carbocycles. The number of carbonyl (C=O) groups excluding carboxylic acids is 1. The third-order valence-electron chi connectivity index (χ3n) is 4.03. The number of rotatable bonds is 2. The second kappa shape index (κ2) is 5.11. The molecule has 1 aromatic rings. The standard InChI is InChI=1S/C15H20N2O/c18-15(14-9-4-10-16-14)17-13-8-3-6-11-5-1-2-7-12(11)13/h3,6,8,14,16H,1-2,4-5,7,9-10H2,(H,17,18)/t14-/m1/s1. The largest absolute Gasteiger partial charge is 0.324 e. The highest BCUT2D eigenvalue weighted by molar-refractivity contribution is 5.95. The van der Waals surface area contributed by atoms with Gasteiger partial charge in [0.2, 0.25) is 5.91 Å². The number of hydrogen-bond acceptors (Lipinski definition) is 2. The normalized spacial score (nSPS) is 22.6. The molecule has 1 aromatic carbocycles. The lowest BCUT2D eigenvalue weighted by molar-refractivity contribution is -0.117. The van der Waals surface area contributed by atoms with Gasteiger partial charge in [-0.25, -0.2) is 0 Å². The van der Waals surface area contributed by atoms with Gasteiger partial charge in [-0.15, -0.1) is 0 Å². The fourth-order valence-electron chi connectivity index (χ4n) is 3.03. The molecule has 1 heterocycles. The van der Waals surface area contributed by atoms with Crippen molar-refractivity contribution in [1.29, 1.82) is 0 Å². The molecule has 3 nitrogen and oxygen atoms in total. The molecule has 1 atom stereocenters. The van der Waals surface area contributed by atoms with E-state index < -0.39 is 0 Å². The molecule has 0 unspecified atom stereocenters. The molecular formula is C15H20N2O. The van der Waals surface area contributed by atoms with Crippen LogP contribution in [0.15, 0.2) is 18.2 Å². The Morgan fingerprint density at radius 1 is 1.22 bits per heavy atom. The first-order valence-electron chi connectivity index (χ1n) is 6.99. The summed E-state index contributed by atoms with van der Waals surface area (Å²) in [5, 5.41) is 6.36. The third kappa shape index (κ3) is 2.27. The molecule has 96 valence electrons. The lowest BCUT2D eigenvalue weighted by Crippen LogP contribution is -2.35. The van der Waals surface area contributed by atoms with Gasteiger partial charge >= 0.3 is 0 Å². The van der Waals surface area contributed by atoms with Gasteiger partial charge < -0.3 is 10.6 Å². The summed E-state index contributed by atoms with van der Waals surface area (Å²) in [6.45, 7) is 0.963. The molecule has 0 aromatic heterocycles. The van der Waals surface area contributed by atoms with Crippen LogP contribution < -0.4 is 10.6 Å². The summed E-state index contributed by atoms with van der Waals surface area (Å²) in [6.07, 6.45) is 6.83. The van der Waals surface area contributed by atoms with Crippen molar-refractivity contribution in [2.75, 3.05) is 11.9 Å².